The van der Waals surface area contributed by atoms with E-state index in [0.717, 1.165) is 4.57 Å². The average molecular weight is 530 g/mol. The number of rotatable bonds is 2. The molecule has 1 aliphatic rings. The Kier molecular flexibility index (Phi) is 2.02. The van der Waals surface area contributed by atoms with E-state index in [1.807, 2.05) is 0 Å². The third kappa shape index (κ3) is 2.93. The van der Waals surface area contributed by atoms with Crippen LogP contribution in [0.2, 0.25) is 0 Å². The Bertz CT molecular complexity index is 3370. The molecule has 8 aromatic rings. The van der Waals surface area contributed by atoms with Crippen LogP contribution in [0, 0.1) is 0 Å². The summed E-state index contributed by atoms with van der Waals surface area (Å²) >= 11 is 0. The largest absolute Gasteiger partial charge is 0.456 e. The van der Waals surface area contributed by atoms with Crippen LogP contribution in [0.15, 0.2) is 139 Å². The summed E-state index contributed by atoms with van der Waals surface area (Å²) in [6.07, 6.45) is 0. The number of fused-ring (bicyclic) bond motifs is 7. The number of nitrogens with zero attached hydrogens (tertiary/aromatic N) is 1. The molecule has 0 atom stereocenters. The molecule has 2 heterocycles. The second-order valence-corrected chi connectivity index (χ2v) is 9.02. The molecule has 9 rings (SSSR count). The fourth-order valence-corrected chi connectivity index (χ4v) is 5.30. The monoisotopic (exact) mass is 529 g/mol. The predicted molar refractivity (Wildman–Crippen MR) is 167 cm³/mol. The van der Waals surface area contributed by atoms with Crippen molar-refractivity contribution in [2.24, 2.45) is 0 Å². The summed E-state index contributed by atoms with van der Waals surface area (Å²) in [5, 5.41) is -1.79. The van der Waals surface area contributed by atoms with Gasteiger partial charge in [0.05, 0.1) is 38.4 Å². The summed E-state index contributed by atoms with van der Waals surface area (Å²) in [4.78, 5) is 0. The lowest BCUT2D eigenvalue weighted by Crippen LogP contribution is -1.98. The van der Waals surface area contributed by atoms with Gasteiger partial charge in [-0.1, -0.05) is 109 Å². The van der Waals surface area contributed by atoms with Crippen molar-refractivity contribution in [3.63, 3.8) is 0 Å². The molecule has 0 N–H and O–H groups in total. The lowest BCUT2D eigenvalue weighted by molar-refractivity contribution is 0.487. The quantitative estimate of drug-likeness (QED) is 0.217. The van der Waals surface area contributed by atoms with Gasteiger partial charge in [-0.25, -0.2) is 0 Å². The van der Waals surface area contributed by atoms with E-state index in [-0.39, 0.29) is 66.3 Å². The van der Waals surface area contributed by atoms with Crippen molar-refractivity contribution in [1.29, 1.82) is 0 Å². The summed E-state index contributed by atoms with van der Waals surface area (Å²) < 4.78 is 183. The first-order valence-corrected chi connectivity index (χ1v) is 12.1. The van der Waals surface area contributed by atoms with Crippen molar-refractivity contribution in [2.45, 2.75) is 0 Å². The van der Waals surface area contributed by atoms with Gasteiger partial charge < -0.3 is 9.30 Å². The first-order chi connectivity index (χ1) is 28.2. The maximum atomic E-state index is 9.35. The van der Waals surface area contributed by atoms with E-state index in [4.69, 9.17) is 28.0 Å². The molecule has 1 aromatic heterocycles. The van der Waals surface area contributed by atoms with E-state index in [0.29, 0.717) is 0 Å². The van der Waals surface area contributed by atoms with Crippen LogP contribution < -0.4 is 4.74 Å². The minimum absolute atomic E-state index is 0.00441. The Morgan fingerprint density at radius 3 is 2.15 bits per heavy atom. The zero-order valence-corrected chi connectivity index (χ0v) is 20.1. The first kappa shape index (κ1) is 10.0. The van der Waals surface area contributed by atoms with E-state index in [9.17, 15) is 4.11 Å². The highest BCUT2D eigenvalue weighted by Crippen LogP contribution is 2.48. The zero-order valence-electron chi connectivity index (χ0n) is 40.1. The van der Waals surface area contributed by atoms with Crippen LogP contribution in [-0.4, -0.2) is 4.57 Å². The van der Waals surface area contributed by atoms with Crippen molar-refractivity contribution in [2.75, 3.05) is 0 Å². The molecule has 186 valence electrons. The molecule has 0 unspecified atom stereocenters. The summed E-state index contributed by atoms with van der Waals surface area (Å²) in [7, 11) is 0. The molecule has 0 bridgehead atoms. The maximum absolute atomic E-state index is 9.35. The van der Waals surface area contributed by atoms with Crippen LogP contribution in [0.25, 0.3) is 71.3 Å². The topological polar surface area (TPSA) is 14.2 Å². The normalized spacial score (nSPS) is 19.2. The van der Waals surface area contributed by atoms with Crippen LogP contribution in [0.1, 0.15) is 27.4 Å². The van der Waals surface area contributed by atoms with Gasteiger partial charge in [0.15, 0.2) is 0 Å². The molecule has 0 radical (unpaired) electrons. The predicted octanol–water partition coefficient (Wildman–Crippen LogP) is 10.5. The highest BCUT2D eigenvalue weighted by molar-refractivity contribution is 6.21. The molecular weight excluding hydrogens is 486 g/mol. The van der Waals surface area contributed by atoms with Gasteiger partial charge in [-0.05, 0) is 52.2 Å². The highest BCUT2D eigenvalue weighted by Gasteiger charge is 2.22. The number of benzene rings is 7. The molecule has 40 heavy (non-hydrogen) atoms. The Morgan fingerprint density at radius 2 is 1.23 bits per heavy atom. The van der Waals surface area contributed by atoms with Gasteiger partial charge in [-0.2, -0.15) is 0 Å². The van der Waals surface area contributed by atoms with Crippen LogP contribution in [0.5, 0.6) is 11.5 Å². The van der Waals surface area contributed by atoms with Gasteiger partial charge in [0.25, 0.3) is 0 Å². The van der Waals surface area contributed by atoms with E-state index in [1.54, 1.807) is 0 Å². The smallest absolute Gasteiger partial charge is 0.135 e. The van der Waals surface area contributed by atoms with Crippen LogP contribution in [0.4, 0.5) is 0 Å². The van der Waals surface area contributed by atoms with Crippen molar-refractivity contribution in [3.8, 4) is 39.4 Å². The van der Waals surface area contributed by atoms with Gasteiger partial charge in [-0.3, -0.25) is 0 Å². The SMILES string of the molecule is [2H]c1c([2H])c([2H])c(-n2c3c(-c4ccc5c(c4)-c4c([2H])c([2H])c([2H])c6c([2H])c([2H])c([2H])c(c46)O5)c([2H])c([2H])c([2H])c3c3c([2H])c([2H])c4c([2H])c([2H])c([2H])c([2H])c4c32)c([2H])c1[2H]. The molecule has 2 heteroatoms. The molecule has 0 amide bonds. The number of para-hydroxylation sites is 2. The molecular formula is C38H23NO. The van der Waals surface area contributed by atoms with E-state index >= 15 is 0 Å². The second-order valence-electron chi connectivity index (χ2n) is 9.02. The molecule has 0 saturated carbocycles. The Morgan fingerprint density at radius 1 is 0.500 bits per heavy atom. The lowest BCUT2D eigenvalue weighted by Gasteiger charge is -2.22. The molecule has 0 saturated heterocycles. The fourth-order valence-electron chi connectivity index (χ4n) is 5.30. The van der Waals surface area contributed by atoms with Gasteiger partial charge in [0.2, 0.25) is 0 Å². The molecule has 2 nitrogen and oxygen atoms in total. The van der Waals surface area contributed by atoms with Crippen molar-refractivity contribution < 1.29 is 32.2 Å². The maximum Gasteiger partial charge on any atom is 0.135 e. The Balaban J connectivity index is 1.56. The van der Waals surface area contributed by atoms with E-state index in [2.05, 4.69) is 0 Å². The molecule has 1 aliphatic heterocycles. The second kappa shape index (κ2) is 8.08. The Labute approximate surface area is 259 Å². The zero-order chi connectivity index (χ0) is 43.6. The molecule has 7 aromatic carbocycles. The lowest BCUT2D eigenvalue weighted by atomic mass is 9.92. The summed E-state index contributed by atoms with van der Waals surface area (Å²) in [5.74, 6) is -0.235. The average Bonchev–Trinajstić information content (AvgIpc) is 3.56. The molecule has 0 aliphatic carbocycles. The van der Waals surface area contributed by atoms with Gasteiger partial charge >= 0.3 is 0 Å². The van der Waals surface area contributed by atoms with Gasteiger partial charge in [0.1, 0.15) is 11.5 Å². The van der Waals surface area contributed by atoms with Crippen molar-refractivity contribution in [1.82, 2.24) is 4.57 Å². The third-order valence-electron chi connectivity index (χ3n) is 6.95. The van der Waals surface area contributed by atoms with E-state index < -0.39 is 137 Å². The number of ether oxygens (including phenoxy) is 1. The fraction of sp³-hybridized carbons (Fsp3) is 0. The van der Waals surface area contributed by atoms with Crippen LogP contribution in [-0.2, 0) is 0 Å². The number of aromatic nitrogens is 1. The Hall–Kier alpha value is -5.34. The standard InChI is InChI=1S/C38H23NO/c1-2-12-27(13-3-1)39-37-28-14-5-4-9-24(28)19-21-32(37)31-17-8-15-29(38(31)39)26-20-22-34-33(23-26)30-16-6-10-25-11-7-18-35(40-34)36(25)30/h1-23H/i1D,2D,3D,4D,5D,6D,7D,8D,9D,10D,11D,12D,13D,14D,15D,16D,17D,18D,19D,21D. The van der Waals surface area contributed by atoms with Crippen molar-refractivity contribution >= 4 is 43.4 Å². The van der Waals surface area contributed by atoms with Crippen LogP contribution >= 0.6 is 0 Å². The van der Waals surface area contributed by atoms with Crippen molar-refractivity contribution in [3.05, 3.63) is 139 Å². The van der Waals surface area contributed by atoms with Crippen LogP contribution in [0.3, 0.4) is 0 Å². The molecule has 0 fully saturated rings. The number of hydrogen-bond donors (Lipinski definition) is 0. The first-order valence-electron chi connectivity index (χ1n) is 22.1. The number of hydrogen-bond acceptors (Lipinski definition) is 1. The third-order valence-corrected chi connectivity index (χ3v) is 6.95. The highest BCUT2D eigenvalue weighted by atomic mass is 16.5. The minimum Gasteiger partial charge on any atom is -0.456 e. The van der Waals surface area contributed by atoms with Gasteiger partial charge in [0, 0.05) is 38.4 Å². The van der Waals surface area contributed by atoms with Gasteiger partial charge in [-0.15, -0.1) is 0 Å². The molecule has 0 spiro atoms. The summed E-state index contributed by atoms with van der Waals surface area (Å²) in [6.45, 7) is 0. The minimum atomic E-state index is -0.815. The summed E-state index contributed by atoms with van der Waals surface area (Å²) in [5.41, 5.74) is -1.52. The van der Waals surface area contributed by atoms with E-state index in [1.165, 1.54) is 18.2 Å². The summed E-state index contributed by atoms with van der Waals surface area (Å²) in [6, 6.07) is -9.53.